The first-order valence-corrected chi connectivity index (χ1v) is 7.27. The summed E-state index contributed by atoms with van der Waals surface area (Å²) in [5, 5.41) is 13.1. The van der Waals surface area contributed by atoms with E-state index < -0.39 is 5.60 Å². The molecule has 1 aliphatic carbocycles. The van der Waals surface area contributed by atoms with Crippen LogP contribution in [0, 0.1) is 0 Å². The molecule has 0 aromatic heterocycles. The molecule has 1 aromatic rings. The summed E-state index contributed by atoms with van der Waals surface area (Å²) < 4.78 is 0. The van der Waals surface area contributed by atoms with Crippen molar-refractivity contribution in [2.45, 2.75) is 44.6 Å². The van der Waals surface area contributed by atoms with Crippen LogP contribution in [0.4, 0.5) is 11.4 Å². The smallest absolute Gasteiger partial charge is 0.227 e. The highest BCUT2D eigenvalue weighted by Gasteiger charge is 2.33. The van der Waals surface area contributed by atoms with Crippen molar-refractivity contribution in [3.63, 3.8) is 0 Å². The minimum absolute atomic E-state index is 0.102. The average Bonchev–Trinajstić information content (AvgIpc) is 2.84. The zero-order chi connectivity index (χ0) is 15.5. The van der Waals surface area contributed by atoms with Crippen LogP contribution in [0.5, 0.6) is 0 Å². The van der Waals surface area contributed by atoms with Crippen LogP contribution in [0.1, 0.15) is 39.0 Å². The molecule has 5 heteroatoms. The number of nitrogens with one attached hydrogen (secondary N) is 1. The predicted octanol–water partition coefficient (Wildman–Crippen LogP) is 2.30. The van der Waals surface area contributed by atoms with Gasteiger partial charge in [-0.25, -0.2) is 0 Å². The number of nitrogens with zero attached hydrogens (tertiary/aromatic N) is 1. The molecule has 0 saturated heterocycles. The molecule has 0 spiro atoms. The van der Waals surface area contributed by atoms with Crippen LogP contribution in [-0.2, 0) is 9.59 Å². The summed E-state index contributed by atoms with van der Waals surface area (Å²) in [5.41, 5.74) is 0.365. The molecule has 0 bridgehead atoms. The molecule has 2 rings (SSSR count). The summed E-state index contributed by atoms with van der Waals surface area (Å²) in [6, 6.07) is 7.15. The number of carbonyl (C=O) groups is 2. The Morgan fingerprint density at radius 1 is 1.29 bits per heavy atom. The maximum absolute atomic E-state index is 12.1. The van der Waals surface area contributed by atoms with E-state index in [0.717, 1.165) is 12.8 Å². The predicted molar refractivity (Wildman–Crippen MR) is 82.2 cm³/mol. The van der Waals surface area contributed by atoms with E-state index in [0.29, 0.717) is 24.2 Å². The van der Waals surface area contributed by atoms with E-state index in [2.05, 4.69) is 5.32 Å². The van der Waals surface area contributed by atoms with Gasteiger partial charge in [-0.05, 0) is 25.0 Å². The van der Waals surface area contributed by atoms with E-state index in [1.807, 2.05) is 6.07 Å². The van der Waals surface area contributed by atoms with Crippen LogP contribution in [0.2, 0.25) is 0 Å². The highest BCUT2D eigenvalue weighted by atomic mass is 16.3. The van der Waals surface area contributed by atoms with Crippen molar-refractivity contribution in [2.24, 2.45) is 0 Å². The van der Waals surface area contributed by atoms with Gasteiger partial charge in [0, 0.05) is 14.0 Å². The fourth-order valence-electron chi connectivity index (χ4n) is 2.74. The Morgan fingerprint density at radius 3 is 2.52 bits per heavy atom. The number of carbonyl (C=O) groups excluding carboxylic acids is 2. The number of benzene rings is 1. The molecule has 114 valence electrons. The third-order valence-electron chi connectivity index (χ3n) is 4.04. The number of hydrogen-bond acceptors (Lipinski definition) is 3. The molecule has 1 aromatic carbocycles. The second kappa shape index (κ2) is 6.26. The highest BCUT2D eigenvalue weighted by Crippen LogP contribution is 2.33. The summed E-state index contributed by atoms with van der Waals surface area (Å²) in [4.78, 5) is 25.1. The summed E-state index contributed by atoms with van der Waals surface area (Å²) in [5.74, 6) is -0.324. The third-order valence-corrected chi connectivity index (χ3v) is 4.04. The van der Waals surface area contributed by atoms with E-state index in [-0.39, 0.29) is 18.2 Å². The van der Waals surface area contributed by atoms with Gasteiger partial charge in [0.2, 0.25) is 11.8 Å². The molecule has 2 N–H and O–H groups in total. The quantitative estimate of drug-likeness (QED) is 0.894. The van der Waals surface area contributed by atoms with Crippen LogP contribution in [0.3, 0.4) is 0 Å². The van der Waals surface area contributed by atoms with Gasteiger partial charge in [-0.2, -0.15) is 0 Å². The Labute approximate surface area is 125 Å². The van der Waals surface area contributed by atoms with Crippen molar-refractivity contribution in [1.82, 2.24) is 0 Å². The number of rotatable bonds is 4. The molecule has 1 fully saturated rings. The van der Waals surface area contributed by atoms with Gasteiger partial charge in [-0.15, -0.1) is 0 Å². The van der Waals surface area contributed by atoms with Crippen LogP contribution in [0.15, 0.2) is 24.3 Å². The molecule has 21 heavy (non-hydrogen) atoms. The lowest BCUT2D eigenvalue weighted by molar-refractivity contribution is -0.121. The van der Waals surface area contributed by atoms with Crippen molar-refractivity contribution in [3.05, 3.63) is 24.3 Å². The molecule has 0 radical (unpaired) electrons. The molecule has 1 aliphatic rings. The van der Waals surface area contributed by atoms with Crippen LogP contribution in [0.25, 0.3) is 0 Å². The molecular formula is C16H22N2O3. The average molecular weight is 290 g/mol. The molecule has 5 nitrogen and oxygen atoms in total. The van der Waals surface area contributed by atoms with E-state index in [1.165, 1.54) is 11.8 Å². The molecule has 0 aliphatic heterocycles. The highest BCUT2D eigenvalue weighted by molar-refractivity contribution is 6.00. The standard InChI is InChI=1S/C16H22N2O3/c1-12(19)18(2)14-8-4-3-7-13(14)17-15(20)11-16(21)9-5-6-10-16/h3-4,7-8,21H,5-6,9-11H2,1-2H3,(H,17,20). The number of para-hydroxylation sites is 2. The Hall–Kier alpha value is -1.88. The van der Waals surface area contributed by atoms with Crippen LogP contribution in [-0.4, -0.2) is 29.6 Å². The Kier molecular flexibility index (Phi) is 4.63. The lowest BCUT2D eigenvalue weighted by atomic mass is 9.97. The first kappa shape index (κ1) is 15.5. The Balaban J connectivity index is 2.09. The number of anilines is 2. The Bertz CT molecular complexity index is 536. The largest absolute Gasteiger partial charge is 0.389 e. The van der Waals surface area contributed by atoms with Crippen molar-refractivity contribution in [2.75, 3.05) is 17.3 Å². The molecule has 1 saturated carbocycles. The number of hydrogen-bond donors (Lipinski definition) is 2. The zero-order valence-corrected chi connectivity index (χ0v) is 12.6. The topological polar surface area (TPSA) is 69.6 Å². The maximum atomic E-state index is 12.1. The number of amides is 2. The first-order chi connectivity index (χ1) is 9.91. The lowest BCUT2D eigenvalue weighted by Gasteiger charge is -2.23. The van der Waals surface area contributed by atoms with Gasteiger partial charge in [0.05, 0.1) is 23.4 Å². The second-order valence-electron chi connectivity index (χ2n) is 5.75. The van der Waals surface area contributed by atoms with Gasteiger partial charge in [0.25, 0.3) is 0 Å². The van der Waals surface area contributed by atoms with Gasteiger partial charge in [-0.3, -0.25) is 9.59 Å². The van der Waals surface area contributed by atoms with Gasteiger partial charge in [0.1, 0.15) is 0 Å². The van der Waals surface area contributed by atoms with Gasteiger partial charge < -0.3 is 15.3 Å². The van der Waals surface area contributed by atoms with Crippen LogP contribution >= 0.6 is 0 Å². The van der Waals surface area contributed by atoms with Crippen LogP contribution < -0.4 is 10.2 Å². The van der Waals surface area contributed by atoms with Gasteiger partial charge in [-0.1, -0.05) is 25.0 Å². The normalized spacial score (nSPS) is 16.5. The van der Waals surface area contributed by atoms with E-state index >= 15 is 0 Å². The van der Waals surface area contributed by atoms with Gasteiger partial charge in [0.15, 0.2) is 0 Å². The summed E-state index contributed by atoms with van der Waals surface area (Å²) in [6.07, 6.45) is 3.39. The van der Waals surface area contributed by atoms with Gasteiger partial charge >= 0.3 is 0 Å². The van der Waals surface area contributed by atoms with E-state index in [1.54, 1.807) is 25.2 Å². The summed E-state index contributed by atoms with van der Waals surface area (Å²) in [7, 11) is 1.66. The maximum Gasteiger partial charge on any atom is 0.227 e. The monoisotopic (exact) mass is 290 g/mol. The fraction of sp³-hybridized carbons (Fsp3) is 0.500. The van der Waals surface area contributed by atoms with Crippen molar-refractivity contribution < 1.29 is 14.7 Å². The second-order valence-corrected chi connectivity index (χ2v) is 5.75. The minimum atomic E-state index is -0.870. The van der Waals surface area contributed by atoms with Crippen molar-refractivity contribution >= 4 is 23.2 Å². The van der Waals surface area contributed by atoms with E-state index in [4.69, 9.17) is 0 Å². The van der Waals surface area contributed by atoms with Crippen molar-refractivity contribution in [3.8, 4) is 0 Å². The fourth-order valence-corrected chi connectivity index (χ4v) is 2.74. The van der Waals surface area contributed by atoms with E-state index in [9.17, 15) is 14.7 Å². The molecular weight excluding hydrogens is 268 g/mol. The molecule has 0 unspecified atom stereocenters. The minimum Gasteiger partial charge on any atom is -0.389 e. The number of aliphatic hydroxyl groups is 1. The lowest BCUT2D eigenvalue weighted by Crippen LogP contribution is -2.31. The third kappa shape index (κ3) is 3.82. The summed E-state index contributed by atoms with van der Waals surface area (Å²) in [6.45, 7) is 1.47. The molecule has 0 atom stereocenters. The van der Waals surface area contributed by atoms with Crippen molar-refractivity contribution in [1.29, 1.82) is 0 Å². The molecule has 0 heterocycles. The first-order valence-electron chi connectivity index (χ1n) is 7.27. The summed E-state index contributed by atoms with van der Waals surface area (Å²) >= 11 is 0. The Morgan fingerprint density at radius 2 is 1.90 bits per heavy atom. The SMILES string of the molecule is CC(=O)N(C)c1ccccc1NC(=O)CC1(O)CCCC1. The zero-order valence-electron chi connectivity index (χ0n) is 12.6. The molecule has 2 amide bonds.